The van der Waals surface area contributed by atoms with Gasteiger partial charge in [-0.05, 0) is 18.2 Å². The quantitative estimate of drug-likeness (QED) is 0.883. The normalized spacial score (nSPS) is 10.1. The molecule has 0 aliphatic rings. The molecular formula is C13H11FN2O2. The summed E-state index contributed by atoms with van der Waals surface area (Å²) in [6.07, 6.45) is 2.34. The van der Waals surface area contributed by atoms with E-state index in [1.54, 1.807) is 12.1 Å². The van der Waals surface area contributed by atoms with E-state index < -0.39 is 11.7 Å². The van der Waals surface area contributed by atoms with Crippen molar-refractivity contribution in [3.63, 3.8) is 0 Å². The lowest BCUT2D eigenvalue weighted by Gasteiger charge is -2.17. The minimum absolute atomic E-state index is 0.0438. The highest BCUT2D eigenvalue weighted by Crippen LogP contribution is 2.21. The fourth-order valence-electron chi connectivity index (χ4n) is 1.55. The van der Waals surface area contributed by atoms with Gasteiger partial charge in [-0.2, -0.15) is 0 Å². The topological polar surface area (TPSA) is 53.4 Å². The van der Waals surface area contributed by atoms with Crippen molar-refractivity contribution in [3.05, 3.63) is 54.1 Å². The molecule has 0 fully saturated rings. The van der Waals surface area contributed by atoms with E-state index in [0.29, 0.717) is 5.69 Å². The van der Waals surface area contributed by atoms with Crippen molar-refractivity contribution in [3.8, 4) is 5.75 Å². The lowest BCUT2D eigenvalue weighted by Crippen LogP contribution is -2.27. The van der Waals surface area contributed by atoms with Crippen molar-refractivity contribution in [2.75, 3.05) is 11.9 Å². The van der Waals surface area contributed by atoms with Crippen LogP contribution in [0.4, 0.5) is 10.1 Å². The molecule has 4 nitrogen and oxygen atoms in total. The van der Waals surface area contributed by atoms with Gasteiger partial charge in [0.25, 0.3) is 5.91 Å². The van der Waals surface area contributed by atoms with Gasteiger partial charge in [0.05, 0.1) is 11.8 Å². The third-order valence-corrected chi connectivity index (χ3v) is 2.52. The molecule has 1 aromatic carbocycles. The number of benzene rings is 1. The van der Waals surface area contributed by atoms with E-state index in [9.17, 15) is 14.3 Å². The van der Waals surface area contributed by atoms with Crippen LogP contribution < -0.4 is 4.90 Å². The summed E-state index contributed by atoms with van der Waals surface area (Å²) in [6.45, 7) is 0. The molecule has 0 unspecified atom stereocenters. The van der Waals surface area contributed by atoms with Crippen LogP contribution in [0, 0.1) is 5.82 Å². The summed E-state index contributed by atoms with van der Waals surface area (Å²) in [5, 5.41) is 9.35. The van der Waals surface area contributed by atoms with Crippen LogP contribution in [0.3, 0.4) is 0 Å². The predicted molar refractivity (Wildman–Crippen MR) is 65.0 cm³/mol. The number of hydrogen-bond acceptors (Lipinski definition) is 3. The van der Waals surface area contributed by atoms with Gasteiger partial charge in [-0.1, -0.05) is 6.07 Å². The van der Waals surface area contributed by atoms with Crippen LogP contribution in [0.15, 0.2) is 42.7 Å². The molecule has 0 spiro atoms. The summed E-state index contributed by atoms with van der Waals surface area (Å²) in [6, 6.07) is 7.50. The number of anilines is 1. The van der Waals surface area contributed by atoms with E-state index in [1.165, 1.54) is 36.3 Å². The second-order valence-electron chi connectivity index (χ2n) is 3.74. The number of hydrogen-bond donors (Lipinski definition) is 1. The summed E-state index contributed by atoms with van der Waals surface area (Å²) < 4.78 is 13.4. The van der Waals surface area contributed by atoms with Gasteiger partial charge in [-0.15, -0.1) is 0 Å². The molecule has 92 valence electrons. The summed E-state index contributed by atoms with van der Waals surface area (Å²) in [7, 11) is 1.51. The van der Waals surface area contributed by atoms with Gasteiger partial charge in [0.15, 0.2) is 5.82 Å². The molecule has 1 aromatic heterocycles. The van der Waals surface area contributed by atoms with Crippen molar-refractivity contribution in [2.45, 2.75) is 0 Å². The summed E-state index contributed by atoms with van der Waals surface area (Å²) in [5.74, 6) is -1.13. The van der Waals surface area contributed by atoms with Crippen molar-refractivity contribution in [1.82, 2.24) is 4.98 Å². The fraction of sp³-hybridized carbons (Fsp3) is 0.0769. The molecule has 1 N–H and O–H groups in total. The number of carbonyl (C=O) groups is 1. The van der Waals surface area contributed by atoms with Gasteiger partial charge in [-0.25, -0.2) is 4.39 Å². The molecule has 0 radical (unpaired) electrons. The highest BCUT2D eigenvalue weighted by molar-refractivity contribution is 6.05. The van der Waals surface area contributed by atoms with E-state index in [4.69, 9.17) is 0 Å². The minimum atomic E-state index is -0.672. The fourth-order valence-corrected chi connectivity index (χ4v) is 1.55. The molecule has 2 rings (SSSR count). The molecular weight excluding hydrogens is 235 g/mol. The first-order chi connectivity index (χ1) is 8.59. The molecule has 0 saturated heterocycles. The Labute approximate surface area is 103 Å². The van der Waals surface area contributed by atoms with Gasteiger partial charge >= 0.3 is 0 Å². The largest absolute Gasteiger partial charge is 0.508 e. The maximum Gasteiger partial charge on any atom is 0.261 e. The van der Waals surface area contributed by atoms with Gasteiger partial charge in [-0.3, -0.25) is 9.78 Å². The highest BCUT2D eigenvalue weighted by Gasteiger charge is 2.17. The Morgan fingerprint density at radius 3 is 2.83 bits per heavy atom. The first-order valence-electron chi connectivity index (χ1n) is 5.26. The molecule has 0 aliphatic carbocycles. The molecule has 0 bridgehead atoms. The molecule has 0 saturated carbocycles. The number of aromatic hydroxyl groups is 1. The van der Waals surface area contributed by atoms with Crippen LogP contribution >= 0.6 is 0 Å². The lowest BCUT2D eigenvalue weighted by atomic mass is 10.2. The van der Waals surface area contributed by atoms with Crippen molar-refractivity contribution < 1.29 is 14.3 Å². The monoisotopic (exact) mass is 246 g/mol. The molecule has 5 heteroatoms. The first kappa shape index (κ1) is 12.0. The summed E-state index contributed by atoms with van der Waals surface area (Å²) in [5.41, 5.74) is 0.423. The maximum atomic E-state index is 13.4. The number of phenols is 1. The Bertz CT molecular complexity index is 587. The van der Waals surface area contributed by atoms with Crippen LogP contribution in [0.25, 0.3) is 0 Å². The van der Waals surface area contributed by atoms with Crippen LogP contribution in [0.2, 0.25) is 0 Å². The van der Waals surface area contributed by atoms with Crippen LogP contribution in [0.5, 0.6) is 5.75 Å². The molecule has 1 heterocycles. The number of phenolic OH excluding ortho intramolecular Hbond substituents is 1. The van der Waals surface area contributed by atoms with E-state index in [1.807, 2.05) is 0 Å². The molecule has 18 heavy (non-hydrogen) atoms. The Morgan fingerprint density at radius 1 is 1.39 bits per heavy atom. The van der Waals surface area contributed by atoms with E-state index in [-0.39, 0.29) is 11.3 Å². The molecule has 2 aromatic rings. The average molecular weight is 246 g/mol. The Hall–Kier alpha value is -2.43. The zero-order chi connectivity index (χ0) is 13.1. The van der Waals surface area contributed by atoms with Gasteiger partial charge in [0, 0.05) is 25.0 Å². The third-order valence-electron chi connectivity index (χ3n) is 2.52. The standard InChI is InChI=1S/C13H11FN2O2/c1-16(9-3-2-4-10(17)7-9)13(18)11-5-6-15-8-12(11)14/h2-8,17H,1H3. The number of nitrogens with zero attached hydrogens (tertiary/aromatic N) is 2. The zero-order valence-electron chi connectivity index (χ0n) is 9.67. The van der Waals surface area contributed by atoms with E-state index >= 15 is 0 Å². The van der Waals surface area contributed by atoms with Crippen molar-refractivity contribution in [2.24, 2.45) is 0 Å². The van der Waals surface area contributed by atoms with Gasteiger partial charge < -0.3 is 10.0 Å². The van der Waals surface area contributed by atoms with E-state index in [0.717, 1.165) is 6.20 Å². The molecule has 0 aliphatic heterocycles. The van der Waals surface area contributed by atoms with E-state index in [2.05, 4.69) is 4.98 Å². The first-order valence-corrected chi connectivity index (χ1v) is 5.26. The van der Waals surface area contributed by atoms with Crippen LogP contribution in [0.1, 0.15) is 10.4 Å². The zero-order valence-corrected chi connectivity index (χ0v) is 9.67. The number of halogens is 1. The van der Waals surface area contributed by atoms with Crippen LogP contribution in [-0.4, -0.2) is 23.0 Å². The predicted octanol–water partition coefficient (Wildman–Crippen LogP) is 2.20. The number of rotatable bonds is 2. The second kappa shape index (κ2) is 4.83. The smallest absolute Gasteiger partial charge is 0.261 e. The number of aromatic nitrogens is 1. The lowest BCUT2D eigenvalue weighted by molar-refractivity contribution is 0.0989. The Kier molecular flexibility index (Phi) is 3.23. The van der Waals surface area contributed by atoms with Crippen molar-refractivity contribution >= 4 is 11.6 Å². The van der Waals surface area contributed by atoms with Gasteiger partial charge in [0.1, 0.15) is 5.75 Å². The highest BCUT2D eigenvalue weighted by atomic mass is 19.1. The average Bonchev–Trinajstić information content (AvgIpc) is 2.37. The molecule has 1 amide bonds. The summed E-state index contributed by atoms with van der Waals surface area (Å²) in [4.78, 5) is 16.9. The maximum absolute atomic E-state index is 13.4. The Balaban J connectivity index is 2.32. The minimum Gasteiger partial charge on any atom is -0.508 e. The third kappa shape index (κ3) is 2.29. The molecule has 0 atom stereocenters. The van der Waals surface area contributed by atoms with Gasteiger partial charge in [0.2, 0.25) is 0 Å². The number of amides is 1. The second-order valence-corrected chi connectivity index (χ2v) is 3.74. The van der Waals surface area contributed by atoms with Crippen LogP contribution in [-0.2, 0) is 0 Å². The summed E-state index contributed by atoms with van der Waals surface area (Å²) >= 11 is 0. The van der Waals surface area contributed by atoms with Crippen molar-refractivity contribution in [1.29, 1.82) is 0 Å². The number of pyridine rings is 1. The SMILES string of the molecule is CN(C(=O)c1ccncc1F)c1cccc(O)c1. The Morgan fingerprint density at radius 2 is 2.17 bits per heavy atom. The number of carbonyl (C=O) groups excluding carboxylic acids is 1.